The molecule has 2 aromatic carbocycles. The van der Waals surface area contributed by atoms with E-state index in [0.717, 1.165) is 6.07 Å². The number of halogens is 3. The van der Waals surface area contributed by atoms with Crippen LogP contribution < -0.4 is 9.32 Å². The van der Waals surface area contributed by atoms with Gasteiger partial charge in [0, 0.05) is 17.5 Å². The van der Waals surface area contributed by atoms with Crippen LogP contribution in [-0.4, -0.2) is 14.2 Å². The van der Waals surface area contributed by atoms with Gasteiger partial charge in [0.15, 0.2) is 11.5 Å². The smallest absolute Gasteiger partial charge is 0.370 e. The number of nitrogens with two attached hydrogens (primary N) is 1. The van der Waals surface area contributed by atoms with E-state index in [-0.39, 0.29) is 28.7 Å². The maximum absolute atomic E-state index is 13.3. The van der Waals surface area contributed by atoms with Gasteiger partial charge in [-0.2, -0.15) is 26.7 Å². The molecule has 0 heterocycles. The van der Waals surface area contributed by atoms with Gasteiger partial charge in [-0.1, -0.05) is 58.0 Å². The molecule has 0 saturated carbocycles. The minimum Gasteiger partial charge on any atom is -0.370 e. The van der Waals surface area contributed by atoms with Crippen molar-refractivity contribution in [3.05, 3.63) is 64.2 Å². The van der Waals surface area contributed by atoms with E-state index in [2.05, 4.69) is 0 Å². The summed E-state index contributed by atoms with van der Waals surface area (Å²) in [6.07, 6.45) is -5.09. The van der Waals surface area contributed by atoms with Gasteiger partial charge in [-0.25, -0.2) is 0 Å². The predicted octanol–water partition coefficient (Wildman–Crippen LogP) is 4.96. The zero-order valence-corrected chi connectivity index (χ0v) is 17.9. The number of hydrogen-bond donors (Lipinski definition) is 1. The molecular weight excluding hydrogens is 419 g/mol. The third-order valence-corrected chi connectivity index (χ3v) is 5.00. The maximum atomic E-state index is 13.3. The standard InChI is InChI=1S/C21H24F3NO4S/c1-12(2)15-9-10-16(19(13(3)4)20(15)29-30(25,27)28)18(26)11-14-7-5-6-8-17(14)21(22,23)24/h5-10,12-13H,11H2,1-4H3,(H2,25,27,28). The van der Waals surface area contributed by atoms with Crippen molar-refractivity contribution in [2.75, 3.05) is 0 Å². The Labute approximate surface area is 174 Å². The number of alkyl halides is 3. The Morgan fingerprint density at radius 1 is 1.03 bits per heavy atom. The number of benzene rings is 2. The predicted molar refractivity (Wildman–Crippen MR) is 108 cm³/mol. The summed E-state index contributed by atoms with van der Waals surface area (Å²) in [5.74, 6) is -1.12. The van der Waals surface area contributed by atoms with E-state index < -0.39 is 34.2 Å². The fourth-order valence-electron chi connectivity index (χ4n) is 3.32. The summed E-state index contributed by atoms with van der Waals surface area (Å²) < 4.78 is 68.1. The molecule has 0 radical (unpaired) electrons. The lowest BCUT2D eigenvalue weighted by atomic mass is 9.87. The molecule has 0 bridgehead atoms. The van der Waals surface area contributed by atoms with Gasteiger partial charge < -0.3 is 4.18 Å². The average molecular weight is 443 g/mol. The third kappa shape index (κ3) is 5.60. The molecule has 5 nitrogen and oxygen atoms in total. The van der Waals surface area contributed by atoms with Crippen LogP contribution in [0.1, 0.15) is 72.1 Å². The summed E-state index contributed by atoms with van der Waals surface area (Å²) in [6, 6.07) is 7.90. The summed E-state index contributed by atoms with van der Waals surface area (Å²) in [6.45, 7) is 7.10. The quantitative estimate of drug-likeness (QED) is 0.613. The van der Waals surface area contributed by atoms with E-state index in [4.69, 9.17) is 9.32 Å². The fourth-order valence-corrected chi connectivity index (χ4v) is 3.73. The van der Waals surface area contributed by atoms with Crippen LogP contribution in [0.5, 0.6) is 5.75 Å². The van der Waals surface area contributed by atoms with Crippen molar-refractivity contribution in [1.29, 1.82) is 0 Å². The average Bonchev–Trinajstić information content (AvgIpc) is 2.58. The number of rotatable bonds is 7. The lowest BCUT2D eigenvalue weighted by Gasteiger charge is -2.22. The first-order chi connectivity index (χ1) is 13.7. The molecule has 0 atom stereocenters. The molecule has 2 rings (SSSR count). The van der Waals surface area contributed by atoms with E-state index in [1.165, 1.54) is 24.3 Å². The highest BCUT2D eigenvalue weighted by molar-refractivity contribution is 7.84. The van der Waals surface area contributed by atoms with Crippen LogP contribution in [-0.2, 0) is 22.9 Å². The minimum absolute atomic E-state index is 0.0440. The van der Waals surface area contributed by atoms with Crippen LogP contribution in [0.3, 0.4) is 0 Å². The second-order valence-electron chi connectivity index (χ2n) is 7.59. The number of hydrogen-bond acceptors (Lipinski definition) is 4. The molecule has 0 amide bonds. The van der Waals surface area contributed by atoms with E-state index in [9.17, 15) is 26.4 Å². The van der Waals surface area contributed by atoms with Gasteiger partial charge in [0.05, 0.1) is 5.56 Å². The zero-order chi connectivity index (χ0) is 22.9. The highest BCUT2D eigenvalue weighted by atomic mass is 32.2. The monoisotopic (exact) mass is 443 g/mol. The Kier molecular flexibility index (Phi) is 6.98. The van der Waals surface area contributed by atoms with Gasteiger partial charge in [0.25, 0.3) is 0 Å². The molecule has 30 heavy (non-hydrogen) atoms. The van der Waals surface area contributed by atoms with Crippen LogP contribution in [0, 0.1) is 0 Å². The molecule has 0 fully saturated rings. The Bertz CT molecular complexity index is 1040. The molecule has 0 spiro atoms. The van der Waals surface area contributed by atoms with Gasteiger partial charge in [0.2, 0.25) is 0 Å². The Hall–Kier alpha value is -2.39. The first-order valence-corrected chi connectivity index (χ1v) is 10.8. The Morgan fingerprint density at radius 2 is 1.63 bits per heavy atom. The largest absolute Gasteiger partial charge is 0.416 e. The van der Waals surface area contributed by atoms with Gasteiger partial charge >= 0.3 is 16.5 Å². The summed E-state index contributed by atoms with van der Waals surface area (Å²) in [4.78, 5) is 13.0. The SMILES string of the molecule is CC(C)c1ccc(C(=O)Cc2ccccc2C(F)(F)F)c(C(C)C)c1OS(N)(=O)=O. The highest BCUT2D eigenvalue weighted by Crippen LogP contribution is 2.39. The fraction of sp³-hybridized carbons (Fsp3) is 0.381. The van der Waals surface area contributed by atoms with Gasteiger partial charge in [-0.3, -0.25) is 4.79 Å². The number of carbonyl (C=O) groups excluding carboxylic acids is 1. The first kappa shape index (κ1) is 23.9. The zero-order valence-electron chi connectivity index (χ0n) is 17.1. The minimum atomic E-state index is -4.60. The van der Waals surface area contributed by atoms with Crippen molar-refractivity contribution in [1.82, 2.24) is 0 Å². The molecule has 2 N–H and O–H groups in total. The Balaban J connectivity index is 2.62. The topological polar surface area (TPSA) is 86.5 Å². The van der Waals surface area contributed by atoms with Gasteiger partial charge in [-0.15, -0.1) is 0 Å². The molecular formula is C21H24F3NO4S. The van der Waals surface area contributed by atoms with Crippen molar-refractivity contribution < 1.29 is 30.6 Å². The Morgan fingerprint density at radius 3 is 2.13 bits per heavy atom. The third-order valence-electron chi connectivity index (χ3n) is 4.60. The van der Waals surface area contributed by atoms with Crippen LogP contribution in [0.4, 0.5) is 13.2 Å². The first-order valence-electron chi connectivity index (χ1n) is 9.29. The molecule has 0 aliphatic rings. The van der Waals surface area contributed by atoms with E-state index >= 15 is 0 Å². The molecule has 0 aliphatic heterocycles. The second-order valence-corrected chi connectivity index (χ2v) is 8.74. The van der Waals surface area contributed by atoms with E-state index in [1.807, 2.05) is 13.8 Å². The van der Waals surface area contributed by atoms with E-state index in [1.54, 1.807) is 19.9 Å². The summed E-state index contributed by atoms with van der Waals surface area (Å²) in [5, 5.41) is 5.06. The molecule has 0 unspecified atom stereocenters. The van der Waals surface area contributed by atoms with Crippen molar-refractivity contribution >= 4 is 16.1 Å². The lowest BCUT2D eigenvalue weighted by molar-refractivity contribution is -0.138. The molecule has 2 aromatic rings. The van der Waals surface area contributed by atoms with Crippen LogP contribution in [0.2, 0.25) is 0 Å². The van der Waals surface area contributed by atoms with Crippen LogP contribution in [0.25, 0.3) is 0 Å². The van der Waals surface area contributed by atoms with Crippen molar-refractivity contribution in [2.45, 2.75) is 52.1 Å². The van der Waals surface area contributed by atoms with Crippen molar-refractivity contribution in [2.24, 2.45) is 5.14 Å². The summed E-state index contributed by atoms with van der Waals surface area (Å²) >= 11 is 0. The molecule has 0 aromatic heterocycles. The molecule has 0 aliphatic carbocycles. The summed E-state index contributed by atoms with van der Waals surface area (Å²) in [5.41, 5.74) is -0.120. The summed E-state index contributed by atoms with van der Waals surface area (Å²) in [7, 11) is -4.38. The number of carbonyl (C=O) groups is 1. The maximum Gasteiger partial charge on any atom is 0.416 e. The van der Waals surface area contributed by atoms with Crippen molar-refractivity contribution in [3.63, 3.8) is 0 Å². The molecule has 0 saturated heterocycles. The van der Waals surface area contributed by atoms with E-state index in [0.29, 0.717) is 11.1 Å². The lowest BCUT2D eigenvalue weighted by Crippen LogP contribution is -2.22. The van der Waals surface area contributed by atoms with Gasteiger partial charge in [-0.05, 0) is 29.0 Å². The van der Waals surface area contributed by atoms with Gasteiger partial charge in [0.1, 0.15) is 0 Å². The van der Waals surface area contributed by atoms with Crippen LogP contribution in [0.15, 0.2) is 36.4 Å². The second kappa shape index (κ2) is 8.77. The molecule has 164 valence electrons. The molecule has 9 heteroatoms. The number of Topliss-reactive ketones (excluding diaryl/α,β-unsaturated/α-hetero) is 1. The van der Waals surface area contributed by atoms with Crippen molar-refractivity contribution in [3.8, 4) is 5.75 Å². The van der Waals surface area contributed by atoms with Crippen LogP contribution >= 0.6 is 0 Å². The number of ketones is 1. The normalized spacial score (nSPS) is 12.5. The highest BCUT2D eigenvalue weighted by Gasteiger charge is 2.34.